The smallest absolute Gasteiger partial charge is 0.0991 e. The second kappa shape index (κ2) is 15.3. The Labute approximate surface area is 361 Å². The van der Waals surface area contributed by atoms with Gasteiger partial charge in [-0.3, -0.25) is 0 Å². The number of hydrogen-bond donors (Lipinski definition) is 0. The number of anilines is 6. The fourth-order valence-electron chi connectivity index (χ4n) is 9.04. The summed E-state index contributed by atoms with van der Waals surface area (Å²) < 4.78 is 2.35. The molecule has 0 aliphatic carbocycles. The van der Waals surface area contributed by atoms with Crippen LogP contribution in [0.15, 0.2) is 224 Å². The van der Waals surface area contributed by atoms with E-state index in [1.807, 2.05) is 24.3 Å². The summed E-state index contributed by atoms with van der Waals surface area (Å²) in [5, 5.41) is 16.8. The Morgan fingerprint density at radius 3 is 1.73 bits per heavy atom. The third kappa shape index (κ3) is 6.41. The van der Waals surface area contributed by atoms with Crippen LogP contribution in [0, 0.1) is 18.3 Å². The van der Waals surface area contributed by atoms with Crippen LogP contribution in [-0.2, 0) is 0 Å². The summed E-state index contributed by atoms with van der Waals surface area (Å²) in [7, 11) is 0. The molecule has 0 aliphatic rings. The first-order valence-electron chi connectivity index (χ1n) is 21.0. The largest absolute Gasteiger partial charge is 0.310 e. The summed E-state index contributed by atoms with van der Waals surface area (Å²) in [6.07, 6.45) is 0. The standard InChI is InChI=1S/C58H40N4/c1-40-19-26-46(27-20-40)60(49-32-23-42-11-5-6-12-44(42)37-49)47-30-24-43(25-31-47)51-34-36-57(53-16-8-7-15-52(51)53)61(48-28-21-41(39-59)22-29-48)50-33-35-58-55(38-50)54-17-9-10-18-56(54)62(58)45-13-3-2-4-14-45/h2-38H,1H3. The van der Waals surface area contributed by atoms with Crippen molar-refractivity contribution in [1.29, 1.82) is 5.26 Å². The molecule has 11 rings (SSSR count). The number of benzene rings is 10. The van der Waals surface area contributed by atoms with Gasteiger partial charge in [0.05, 0.1) is 28.4 Å². The molecule has 1 heterocycles. The molecule has 0 saturated carbocycles. The molecule has 4 nitrogen and oxygen atoms in total. The van der Waals surface area contributed by atoms with Crippen LogP contribution in [-0.4, -0.2) is 4.57 Å². The van der Waals surface area contributed by atoms with E-state index in [1.165, 1.54) is 27.1 Å². The van der Waals surface area contributed by atoms with Gasteiger partial charge in [0.2, 0.25) is 0 Å². The van der Waals surface area contributed by atoms with Crippen molar-refractivity contribution in [2.45, 2.75) is 6.92 Å². The molecule has 0 amide bonds. The number of hydrogen-bond acceptors (Lipinski definition) is 3. The molecule has 10 aromatic carbocycles. The molecule has 0 N–H and O–H groups in total. The zero-order valence-electron chi connectivity index (χ0n) is 34.2. The van der Waals surface area contributed by atoms with Gasteiger partial charge in [-0.25, -0.2) is 0 Å². The molecule has 11 aromatic rings. The molecule has 0 fully saturated rings. The van der Waals surface area contributed by atoms with Gasteiger partial charge in [-0.2, -0.15) is 5.26 Å². The van der Waals surface area contributed by atoms with Crippen LogP contribution in [0.2, 0.25) is 0 Å². The van der Waals surface area contributed by atoms with Crippen LogP contribution < -0.4 is 9.80 Å². The predicted octanol–water partition coefficient (Wildman–Crippen LogP) is 15.9. The van der Waals surface area contributed by atoms with Crippen molar-refractivity contribution in [3.63, 3.8) is 0 Å². The second-order valence-electron chi connectivity index (χ2n) is 15.8. The number of para-hydroxylation sites is 2. The highest BCUT2D eigenvalue weighted by molar-refractivity contribution is 6.12. The highest BCUT2D eigenvalue weighted by Crippen LogP contribution is 2.45. The van der Waals surface area contributed by atoms with Crippen LogP contribution in [0.25, 0.3) is 60.2 Å². The lowest BCUT2D eigenvalue weighted by atomic mass is 9.96. The number of aromatic nitrogens is 1. The molecule has 62 heavy (non-hydrogen) atoms. The van der Waals surface area contributed by atoms with Gasteiger partial charge in [-0.15, -0.1) is 0 Å². The monoisotopic (exact) mass is 792 g/mol. The Bertz CT molecular complexity index is 3470. The summed E-state index contributed by atoms with van der Waals surface area (Å²) in [6, 6.07) is 82.3. The van der Waals surface area contributed by atoms with Gasteiger partial charge in [-0.1, -0.05) is 127 Å². The van der Waals surface area contributed by atoms with Crippen LogP contribution in [0.3, 0.4) is 0 Å². The normalized spacial score (nSPS) is 11.3. The third-order valence-corrected chi connectivity index (χ3v) is 12.0. The van der Waals surface area contributed by atoms with E-state index in [-0.39, 0.29) is 0 Å². The number of fused-ring (bicyclic) bond motifs is 5. The van der Waals surface area contributed by atoms with E-state index in [0.717, 1.165) is 72.7 Å². The maximum atomic E-state index is 9.74. The average molecular weight is 793 g/mol. The molecular weight excluding hydrogens is 753 g/mol. The molecule has 292 valence electrons. The molecule has 0 atom stereocenters. The molecule has 0 saturated heterocycles. The summed E-state index contributed by atoms with van der Waals surface area (Å²) in [6.45, 7) is 2.13. The van der Waals surface area contributed by atoms with E-state index in [9.17, 15) is 5.26 Å². The fourth-order valence-corrected chi connectivity index (χ4v) is 9.04. The van der Waals surface area contributed by atoms with Gasteiger partial charge in [0, 0.05) is 50.3 Å². The van der Waals surface area contributed by atoms with Crippen molar-refractivity contribution in [2.75, 3.05) is 9.80 Å². The number of nitriles is 1. The van der Waals surface area contributed by atoms with Gasteiger partial charge in [0.1, 0.15) is 0 Å². The molecule has 0 unspecified atom stereocenters. The van der Waals surface area contributed by atoms with Crippen molar-refractivity contribution >= 4 is 77.5 Å². The van der Waals surface area contributed by atoms with Crippen molar-refractivity contribution in [3.8, 4) is 22.9 Å². The summed E-state index contributed by atoms with van der Waals surface area (Å²) in [4.78, 5) is 4.66. The fraction of sp³-hybridized carbons (Fsp3) is 0.0172. The predicted molar refractivity (Wildman–Crippen MR) is 260 cm³/mol. The lowest BCUT2D eigenvalue weighted by Crippen LogP contribution is -2.11. The average Bonchev–Trinajstić information content (AvgIpc) is 3.67. The molecule has 0 bridgehead atoms. The minimum Gasteiger partial charge on any atom is -0.310 e. The third-order valence-electron chi connectivity index (χ3n) is 12.0. The van der Waals surface area contributed by atoms with E-state index in [0.29, 0.717) is 5.56 Å². The van der Waals surface area contributed by atoms with E-state index in [2.05, 4.69) is 228 Å². The van der Waals surface area contributed by atoms with Gasteiger partial charge < -0.3 is 14.4 Å². The summed E-state index contributed by atoms with van der Waals surface area (Å²) >= 11 is 0. The topological polar surface area (TPSA) is 35.2 Å². The molecule has 1 aromatic heterocycles. The van der Waals surface area contributed by atoms with Crippen molar-refractivity contribution < 1.29 is 0 Å². The van der Waals surface area contributed by atoms with Crippen LogP contribution in [0.5, 0.6) is 0 Å². The first-order chi connectivity index (χ1) is 30.6. The quantitative estimate of drug-likeness (QED) is 0.154. The van der Waals surface area contributed by atoms with E-state index in [4.69, 9.17) is 0 Å². The van der Waals surface area contributed by atoms with Crippen molar-refractivity contribution in [3.05, 3.63) is 236 Å². The maximum Gasteiger partial charge on any atom is 0.0991 e. The van der Waals surface area contributed by atoms with Gasteiger partial charge >= 0.3 is 0 Å². The van der Waals surface area contributed by atoms with E-state index < -0.39 is 0 Å². The Morgan fingerprint density at radius 2 is 0.968 bits per heavy atom. The van der Waals surface area contributed by atoms with Crippen LogP contribution >= 0.6 is 0 Å². The summed E-state index contributed by atoms with van der Waals surface area (Å²) in [5.41, 5.74) is 14.0. The highest BCUT2D eigenvalue weighted by Gasteiger charge is 2.21. The molecule has 0 aliphatic heterocycles. The lowest BCUT2D eigenvalue weighted by Gasteiger charge is -2.28. The highest BCUT2D eigenvalue weighted by atomic mass is 15.1. The van der Waals surface area contributed by atoms with Gasteiger partial charge in [0.15, 0.2) is 0 Å². The van der Waals surface area contributed by atoms with Gasteiger partial charge in [-0.05, 0) is 137 Å². The SMILES string of the molecule is Cc1ccc(N(c2ccc(-c3ccc(N(c4ccc(C#N)cc4)c4ccc5c(c4)c4ccccc4n5-c4ccccc4)c4ccccc34)cc2)c2ccc3ccccc3c2)cc1. The number of aryl methyl sites for hydroxylation is 1. The maximum absolute atomic E-state index is 9.74. The first kappa shape index (κ1) is 36.7. The van der Waals surface area contributed by atoms with E-state index in [1.54, 1.807) is 0 Å². The molecule has 0 spiro atoms. The van der Waals surface area contributed by atoms with Gasteiger partial charge in [0.25, 0.3) is 0 Å². The zero-order chi connectivity index (χ0) is 41.6. The van der Waals surface area contributed by atoms with E-state index >= 15 is 0 Å². The minimum absolute atomic E-state index is 0.625. The Balaban J connectivity index is 1.04. The van der Waals surface area contributed by atoms with Crippen LogP contribution in [0.1, 0.15) is 11.1 Å². The summed E-state index contributed by atoms with van der Waals surface area (Å²) in [5.74, 6) is 0. The Hall–Kier alpha value is -8.39. The van der Waals surface area contributed by atoms with Crippen LogP contribution in [0.4, 0.5) is 34.1 Å². The minimum atomic E-state index is 0.625. The number of rotatable bonds is 8. The molecule has 4 heteroatoms. The Morgan fingerprint density at radius 1 is 0.403 bits per heavy atom. The second-order valence-corrected chi connectivity index (χ2v) is 15.8. The van der Waals surface area contributed by atoms with Crippen molar-refractivity contribution in [2.24, 2.45) is 0 Å². The number of nitrogens with zero attached hydrogens (tertiary/aromatic N) is 4. The zero-order valence-corrected chi connectivity index (χ0v) is 34.2. The molecular formula is C58H40N4. The lowest BCUT2D eigenvalue weighted by molar-refractivity contribution is 1.18. The molecule has 0 radical (unpaired) electrons. The van der Waals surface area contributed by atoms with Crippen molar-refractivity contribution in [1.82, 2.24) is 4.57 Å². The Kier molecular flexibility index (Phi) is 9.07. The first-order valence-corrected chi connectivity index (χ1v) is 21.0.